The fraction of sp³-hybridized carbons (Fsp3) is 0.650. The van der Waals surface area contributed by atoms with Crippen molar-refractivity contribution in [1.82, 2.24) is 30.3 Å². The van der Waals surface area contributed by atoms with Gasteiger partial charge in [-0.25, -0.2) is 0 Å². The first kappa shape index (κ1) is 21.7. The largest absolute Gasteiger partial charge is 0.379 e. The topological polar surface area (TPSA) is 79.6 Å². The van der Waals surface area contributed by atoms with Crippen molar-refractivity contribution in [2.24, 2.45) is 4.99 Å². The number of aromatic nitrogens is 3. The van der Waals surface area contributed by atoms with Gasteiger partial charge in [-0.1, -0.05) is 13.0 Å². The molecule has 0 radical (unpaired) electrons. The number of aliphatic imine (C=N–C) groups is 1. The van der Waals surface area contributed by atoms with E-state index in [-0.39, 0.29) is 0 Å². The summed E-state index contributed by atoms with van der Waals surface area (Å²) in [7, 11) is 0. The minimum absolute atomic E-state index is 0.791. The Bertz CT molecular complexity index is 710. The standard InChI is InChI=1S/C20H33N7OS/c1-2-19-25-24-17-27(19)11-9-23-20(22-8-6-18-5-3-16-29-18)21-7-4-10-26-12-14-28-15-13-26/h3,5,16-17H,2,4,6-15H2,1H3,(H2,21,22,23). The Morgan fingerprint density at radius 3 is 2.90 bits per heavy atom. The third kappa shape index (κ3) is 7.75. The molecule has 2 aromatic heterocycles. The summed E-state index contributed by atoms with van der Waals surface area (Å²) in [5.41, 5.74) is 0. The highest BCUT2D eigenvalue weighted by atomic mass is 32.1. The van der Waals surface area contributed by atoms with Crippen LogP contribution >= 0.6 is 11.3 Å². The smallest absolute Gasteiger partial charge is 0.191 e. The Hall–Kier alpha value is -1.97. The monoisotopic (exact) mass is 419 g/mol. The van der Waals surface area contributed by atoms with E-state index in [4.69, 9.17) is 9.73 Å². The number of nitrogens with one attached hydrogen (secondary N) is 2. The number of ether oxygens (including phenoxy) is 1. The molecule has 29 heavy (non-hydrogen) atoms. The zero-order valence-electron chi connectivity index (χ0n) is 17.3. The maximum Gasteiger partial charge on any atom is 0.191 e. The number of thiophene rings is 1. The molecule has 2 N–H and O–H groups in total. The van der Waals surface area contributed by atoms with Crippen molar-refractivity contribution in [3.05, 3.63) is 34.5 Å². The van der Waals surface area contributed by atoms with E-state index in [1.165, 1.54) is 4.88 Å². The Balaban J connectivity index is 1.43. The van der Waals surface area contributed by atoms with Crippen molar-refractivity contribution in [1.29, 1.82) is 0 Å². The molecule has 3 rings (SSSR count). The first-order valence-electron chi connectivity index (χ1n) is 10.6. The molecule has 9 heteroatoms. The van der Waals surface area contributed by atoms with E-state index in [0.29, 0.717) is 0 Å². The number of morpholine rings is 1. The molecule has 0 aromatic carbocycles. The second kappa shape index (κ2) is 12.6. The Kier molecular flexibility index (Phi) is 9.41. The average Bonchev–Trinajstić information content (AvgIpc) is 3.43. The predicted molar refractivity (Wildman–Crippen MR) is 118 cm³/mol. The lowest BCUT2D eigenvalue weighted by atomic mass is 10.3. The zero-order valence-corrected chi connectivity index (χ0v) is 18.2. The van der Waals surface area contributed by atoms with Crippen LogP contribution in [0.3, 0.4) is 0 Å². The lowest BCUT2D eigenvalue weighted by molar-refractivity contribution is 0.0377. The van der Waals surface area contributed by atoms with E-state index in [1.807, 2.05) is 0 Å². The highest BCUT2D eigenvalue weighted by molar-refractivity contribution is 7.09. The second-order valence-electron chi connectivity index (χ2n) is 7.01. The molecule has 0 spiro atoms. The van der Waals surface area contributed by atoms with Gasteiger partial charge in [0.2, 0.25) is 0 Å². The number of hydrogen-bond acceptors (Lipinski definition) is 6. The second-order valence-corrected chi connectivity index (χ2v) is 8.05. The summed E-state index contributed by atoms with van der Waals surface area (Å²) >= 11 is 1.80. The number of guanidine groups is 1. The first-order chi connectivity index (χ1) is 14.3. The van der Waals surface area contributed by atoms with Crippen LogP contribution in [0.5, 0.6) is 0 Å². The minimum Gasteiger partial charge on any atom is -0.379 e. The van der Waals surface area contributed by atoms with Gasteiger partial charge in [0.15, 0.2) is 5.96 Å². The summed E-state index contributed by atoms with van der Waals surface area (Å²) in [6.07, 6.45) is 4.76. The Morgan fingerprint density at radius 1 is 1.24 bits per heavy atom. The maximum absolute atomic E-state index is 5.41. The molecule has 0 amide bonds. The van der Waals surface area contributed by atoms with Crippen LogP contribution in [0, 0.1) is 0 Å². The fourth-order valence-electron chi connectivity index (χ4n) is 3.28. The lowest BCUT2D eigenvalue weighted by Crippen LogP contribution is -2.40. The maximum atomic E-state index is 5.41. The van der Waals surface area contributed by atoms with Crippen molar-refractivity contribution < 1.29 is 4.74 Å². The van der Waals surface area contributed by atoms with E-state index in [9.17, 15) is 0 Å². The van der Waals surface area contributed by atoms with Crippen LogP contribution in [0.15, 0.2) is 28.8 Å². The fourth-order valence-corrected chi connectivity index (χ4v) is 3.99. The SMILES string of the molecule is CCc1nncn1CCNC(=NCCCN1CCOCC1)NCCc1cccs1. The molecule has 3 heterocycles. The van der Waals surface area contributed by atoms with Gasteiger partial charge >= 0.3 is 0 Å². The van der Waals surface area contributed by atoms with Crippen molar-refractivity contribution in [2.75, 3.05) is 52.5 Å². The van der Waals surface area contributed by atoms with Crippen LogP contribution in [-0.2, 0) is 24.1 Å². The molecule has 0 atom stereocenters. The summed E-state index contributed by atoms with van der Waals surface area (Å²) in [4.78, 5) is 8.63. The van der Waals surface area contributed by atoms with E-state index in [0.717, 1.165) is 90.1 Å². The van der Waals surface area contributed by atoms with Crippen LogP contribution in [0.2, 0.25) is 0 Å². The molecule has 0 aliphatic carbocycles. The van der Waals surface area contributed by atoms with Crippen LogP contribution in [0.25, 0.3) is 0 Å². The third-order valence-electron chi connectivity index (χ3n) is 4.91. The summed E-state index contributed by atoms with van der Waals surface area (Å²) in [5.74, 6) is 1.90. The molecular formula is C20H33N7OS. The third-order valence-corrected chi connectivity index (χ3v) is 5.84. The Morgan fingerprint density at radius 2 is 2.10 bits per heavy atom. The van der Waals surface area contributed by atoms with Gasteiger partial charge in [0.1, 0.15) is 12.2 Å². The minimum atomic E-state index is 0.791. The molecular weight excluding hydrogens is 386 g/mol. The quantitative estimate of drug-likeness (QED) is 0.326. The molecule has 0 unspecified atom stereocenters. The van der Waals surface area contributed by atoms with E-state index in [1.54, 1.807) is 17.7 Å². The van der Waals surface area contributed by atoms with Crippen LogP contribution in [0.4, 0.5) is 0 Å². The van der Waals surface area contributed by atoms with Crippen molar-refractivity contribution in [2.45, 2.75) is 32.7 Å². The summed E-state index contributed by atoms with van der Waals surface area (Å²) in [5, 5.41) is 17.2. The molecule has 1 saturated heterocycles. The van der Waals surface area contributed by atoms with Gasteiger partial charge in [-0.15, -0.1) is 21.5 Å². The molecule has 1 fully saturated rings. The molecule has 0 saturated carbocycles. The molecule has 1 aliphatic heterocycles. The Labute approximate surface area is 177 Å². The van der Waals surface area contributed by atoms with Gasteiger partial charge in [0, 0.05) is 57.1 Å². The van der Waals surface area contributed by atoms with E-state index >= 15 is 0 Å². The zero-order chi connectivity index (χ0) is 20.2. The molecule has 2 aromatic rings. The normalized spacial score (nSPS) is 15.6. The van der Waals surface area contributed by atoms with E-state index in [2.05, 4.69) is 54.7 Å². The number of hydrogen-bond donors (Lipinski definition) is 2. The number of nitrogens with zero attached hydrogens (tertiary/aromatic N) is 5. The van der Waals surface area contributed by atoms with Gasteiger partial charge in [-0.3, -0.25) is 9.89 Å². The first-order valence-corrected chi connectivity index (χ1v) is 11.4. The molecule has 0 bridgehead atoms. The summed E-state index contributed by atoms with van der Waals surface area (Å²) in [6, 6.07) is 4.28. The highest BCUT2D eigenvalue weighted by Gasteiger charge is 2.09. The lowest BCUT2D eigenvalue weighted by Gasteiger charge is -2.26. The molecule has 1 aliphatic rings. The van der Waals surface area contributed by atoms with Gasteiger partial charge in [-0.05, 0) is 24.3 Å². The number of rotatable bonds is 11. The molecule has 8 nitrogen and oxygen atoms in total. The van der Waals surface area contributed by atoms with Gasteiger partial charge in [-0.2, -0.15) is 0 Å². The van der Waals surface area contributed by atoms with E-state index < -0.39 is 0 Å². The van der Waals surface area contributed by atoms with Crippen LogP contribution in [-0.4, -0.2) is 78.1 Å². The van der Waals surface area contributed by atoms with Crippen LogP contribution in [0.1, 0.15) is 24.0 Å². The predicted octanol–water partition coefficient (Wildman–Crippen LogP) is 1.40. The average molecular weight is 420 g/mol. The van der Waals surface area contributed by atoms with Gasteiger partial charge in [0.05, 0.1) is 13.2 Å². The van der Waals surface area contributed by atoms with Crippen molar-refractivity contribution in [3.8, 4) is 0 Å². The highest BCUT2D eigenvalue weighted by Crippen LogP contribution is 2.08. The summed E-state index contributed by atoms with van der Waals surface area (Å²) in [6.45, 7) is 10.3. The number of aryl methyl sites for hydroxylation is 1. The van der Waals surface area contributed by atoms with Gasteiger partial charge < -0.3 is 19.9 Å². The summed E-state index contributed by atoms with van der Waals surface area (Å²) < 4.78 is 7.50. The van der Waals surface area contributed by atoms with Crippen molar-refractivity contribution >= 4 is 17.3 Å². The van der Waals surface area contributed by atoms with Gasteiger partial charge in [0.25, 0.3) is 0 Å². The van der Waals surface area contributed by atoms with Crippen molar-refractivity contribution in [3.63, 3.8) is 0 Å². The van der Waals surface area contributed by atoms with Crippen LogP contribution < -0.4 is 10.6 Å². The molecule has 160 valence electrons.